The second kappa shape index (κ2) is 5.51. The first-order chi connectivity index (χ1) is 8.58. The molecule has 1 unspecified atom stereocenters. The first kappa shape index (κ1) is 13.1. The second-order valence-electron chi connectivity index (χ2n) is 4.49. The lowest BCUT2D eigenvalue weighted by atomic mass is 9.98. The standard InChI is InChI=1S/C15H16ClNO/c1-10-4-3-7-17-14(10)9-15(18)13-6-5-12(16)8-11(13)2/h3-8,15,18H,9H2,1-2H3. The average molecular weight is 262 g/mol. The summed E-state index contributed by atoms with van der Waals surface area (Å²) >= 11 is 5.91. The van der Waals surface area contributed by atoms with Crippen LogP contribution in [0.4, 0.5) is 0 Å². The van der Waals surface area contributed by atoms with Crippen LogP contribution in [0.5, 0.6) is 0 Å². The van der Waals surface area contributed by atoms with Gasteiger partial charge >= 0.3 is 0 Å². The molecule has 1 heterocycles. The molecule has 2 nitrogen and oxygen atoms in total. The number of nitrogens with zero attached hydrogens (tertiary/aromatic N) is 1. The molecule has 0 aliphatic carbocycles. The Bertz CT molecular complexity index is 554. The van der Waals surface area contributed by atoms with Crippen LogP contribution in [0, 0.1) is 13.8 Å². The molecule has 0 amide bonds. The molecule has 2 rings (SSSR count). The van der Waals surface area contributed by atoms with Gasteiger partial charge in [-0.2, -0.15) is 0 Å². The number of aromatic nitrogens is 1. The number of aliphatic hydroxyl groups is 1. The van der Waals surface area contributed by atoms with Crippen molar-refractivity contribution in [2.24, 2.45) is 0 Å². The summed E-state index contributed by atoms with van der Waals surface area (Å²) in [4.78, 5) is 4.30. The van der Waals surface area contributed by atoms with Crippen molar-refractivity contribution in [3.05, 3.63) is 63.9 Å². The Morgan fingerprint density at radius 2 is 2.00 bits per heavy atom. The number of aryl methyl sites for hydroxylation is 2. The number of pyridine rings is 1. The highest BCUT2D eigenvalue weighted by atomic mass is 35.5. The predicted molar refractivity (Wildman–Crippen MR) is 73.8 cm³/mol. The molecule has 0 radical (unpaired) electrons. The third-order valence-electron chi connectivity index (χ3n) is 3.10. The lowest BCUT2D eigenvalue weighted by Crippen LogP contribution is -2.06. The van der Waals surface area contributed by atoms with Crippen LogP contribution >= 0.6 is 11.6 Å². The zero-order valence-electron chi connectivity index (χ0n) is 10.5. The first-order valence-electron chi connectivity index (χ1n) is 5.92. The first-order valence-corrected chi connectivity index (χ1v) is 6.30. The van der Waals surface area contributed by atoms with E-state index in [0.29, 0.717) is 11.4 Å². The van der Waals surface area contributed by atoms with Gasteiger partial charge in [-0.15, -0.1) is 0 Å². The van der Waals surface area contributed by atoms with Gasteiger partial charge in [0.2, 0.25) is 0 Å². The molecule has 0 spiro atoms. The third kappa shape index (κ3) is 2.89. The number of halogens is 1. The summed E-state index contributed by atoms with van der Waals surface area (Å²) in [5, 5.41) is 11.0. The molecular weight excluding hydrogens is 246 g/mol. The highest BCUT2D eigenvalue weighted by molar-refractivity contribution is 6.30. The summed E-state index contributed by atoms with van der Waals surface area (Å²) in [6.07, 6.45) is 1.73. The predicted octanol–water partition coefficient (Wildman–Crippen LogP) is 3.63. The van der Waals surface area contributed by atoms with Crippen molar-refractivity contribution < 1.29 is 5.11 Å². The maximum absolute atomic E-state index is 10.3. The molecule has 1 aromatic carbocycles. The molecule has 18 heavy (non-hydrogen) atoms. The van der Waals surface area contributed by atoms with E-state index in [4.69, 9.17) is 11.6 Å². The van der Waals surface area contributed by atoms with Gasteiger partial charge < -0.3 is 5.11 Å². The third-order valence-corrected chi connectivity index (χ3v) is 3.33. The molecule has 3 heteroatoms. The Labute approximate surface area is 112 Å². The van der Waals surface area contributed by atoms with E-state index in [1.54, 1.807) is 12.3 Å². The summed E-state index contributed by atoms with van der Waals surface area (Å²) in [5.74, 6) is 0. The molecule has 2 aromatic rings. The molecule has 0 aliphatic heterocycles. The van der Waals surface area contributed by atoms with Crippen molar-refractivity contribution in [3.63, 3.8) is 0 Å². The Balaban J connectivity index is 2.22. The van der Waals surface area contributed by atoms with E-state index in [9.17, 15) is 5.11 Å². The van der Waals surface area contributed by atoms with Crippen molar-refractivity contribution in [2.75, 3.05) is 0 Å². The van der Waals surface area contributed by atoms with Gasteiger partial charge in [-0.25, -0.2) is 0 Å². The van der Waals surface area contributed by atoms with Crippen LogP contribution in [-0.2, 0) is 6.42 Å². The van der Waals surface area contributed by atoms with Crippen molar-refractivity contribution in [1.29, 1.82) is 0 Å². The fourth-order valence-corrected chi connectivity index (χ4v) is 2.26. The highest BCUT2D eigenvalue weighted by Crippen LogP contribution is 2.24. The maximum Gasteiger partial charge on any atom is 0.0848 e. The summed E-state index contributed by atoms with van der Waals surface area (Å²) in [5.41, 5.74) is 3.94. The largest absolute Gasteiger partial charge is 0.388 e. The van der Waals surface area contributed by atoms with Crippen LogP contribution in [0.3, 0.4) is 0 Å². The molecule has 1 N–H and O–H groups in total. The number of hydrogen-bond acceptors (Lipinski definition) is 2. The second-order valence-corrected chi connectivity index (χ2v) is 4.92. The van der Waals surface area contributed by atoms with Gasteiger partial charge in [-0.05, 0) is 48.7 Å². The Hall–Kier alpha value is -1.38. The van der Waals surface area contributed by atoms with Crippen molar-refractivity contribution in [2.45, 2.75) is 26.4 Å². The number of rotatable bonds is 3. The minimum atomic E-state index is -0.545. The van der Waals surface area contributed by atoms with Gasteiger partial charge in [0, 0.05) is 23.3 Å². The Morgan fingerprint density at radius 1 is 1.22 bits per heavy atom. The molecule has 1 aromatic heterocycles. The average Bonchev–Trinajstić information content (AvgIpc) is 2.32. The van der Waals surface area contributed by atoms with Crippen LogP contribution in [0.2, 0.25) is 5.02 Å². The quantitative estimate of drug-likeness (QED) is 0.915. The van der Waals surface area contributed by atoms with E-state index in [-0.39, 0.29) is 0 Å². The number of benzene rings is 1. The summed E-state index contributed by atoms with van der Waals surface area (Å²) < 4.78 is 0. The smallest absolute Gasteiger partial charge is 0.0848 e. The summed E-state index contributed by atoms with van der Waals surface area (Å²) in [6.45, 7) is 3.96. The van der Waals surface area contributed by atoms with Gasteiger partial charge in [-0.3, -0.25) is 4.98 Å². The van der Waals surface area contributed by atoms with Crippen LogP contribution in [0.25, 0.3) is 0 Å². The number of aliphatic hydroxyl groups excluding tert-OH is 1. The zero-order valence-corrected chi connectivity index (χ0v) is 11.3. The van der Waals surface area contributed by atoms with Gasteiger partial charge in [0.1, 0.15) is 0 Å². The molecule has 1 atom stereocenters. The molecule has 94 valence electrons. The van der Waals surface area contributed by atoms with Crippen LogP contribution < -0.4 is 0 Å². The molecule has 0 fully saturated rings. The normalized spacial score (nSPS) is 12.4. The van der Waals surface area contributed by atoms with Gasteiger partial charge in [-0.1, -0.05) is 23.7 Å². The fourth-order valence-electron chi connectivity index (χ4n) is 2.04. The molecule has 0 saturated carbocycles. The monoisotopic (exact) mass is 261 g/mol. The minimum absolute atomic E-state index is 0.523. The van der Waals surface area contributed by atoms with E-state index in [1.165, 1.54) is 0 Å². The van der Waals surface area contributed by atoms with E-state index in [2.05, 4.69) is 4.98 Å². The lowest BCUT2D eigenvalue weighted by Gasteiger charge is -2.14. The fraction of sp³-hybridized carbons (Fsp3) is 0.267. The van der Waals surface area contributed by atoms with Gasteiger partial charge in [0.15, 0.2) is 0 Å². The van der Waals surface area contributed by atoms with Crippen LogP contribution in [0.15, 0.2) is 36.5 Å². The molecule has 0 aliphatic rings. The molecule has 0 bridgehead atoms. The summed E-state index contributed by atoms with van der Waals surface area (Å²) in [7, 11) is 0. The lowest BCUT2D eigenvalue weighted by molar-refractivity contribution is 0.176. The van der Waals surface area contributed by atoms with E-state index in [0.717, 1.165) is 22.4 Å². The molecular formula is C15H16ClNO. The van der Waals surface area contributed by atoms with E-state index < -0.39 is 6.10 Å². The van der Waals surface area contributed by atoms with E-state index >= 15 is 0 Å². The van der Waals surface area contributed by atoms with Crippen molar-refractivity contribution in [3.8, 4) is 0 Å². The van der Waals surface area contributed by atoms with E-state index in [1.807, 2.05) is 38.1 Å². The van der Waals surface area contributed by atoms with Crippen LogP contribution in [0.1, 0.15) is 28.5 Å². The van der Waals surface area contributed by atoms with Gasteiger partial charge in [0.05, 0.1) is 6.10 Å². The zero-order chi connectivity index (χ0) is 13.1. The Morgan fingerprint density at radius 3 is 2.67 bits per heavy atom. The van der Waals surface area contributed by atoms with Crippen LogP contribution in [-0.4, -0.2) is 10.1 Å². The SMILES string of the molecule is Cc1cc(Cl)ccc1C(O)Cc1ncccc1C. The molecule has 0 saturated heterocycles. The maximum atomic E-state index is 10.3. The van der Waals surface area contributed by atoms with Gasteiger partial charge in [0.25, 0.3) is 0 Å². The summed E-state index contributed by atoms with van der Waals surface area (Å²) in [6, 6.07) is 9.45. The van der Waals surface area contributed by atoms with Crippen molar-refractivity contribution >= 4 is 11.6 Å². The Kier molecular flexibility index (Phi) is 4.00. The van der Waals surface area contributed by atoms with Crippen molar-refractivity contribution in [1.82, 2.24) is 4.98 Å². The number of hydrogen-bond donors (Lipinski definition) is 1. The topological polar surface area (TPSA) is 33.1 Å². The minimum Gasteiger partial charge on any atom is -0.388 e. The highest BCUT2D eigenvalue weighted by Gasteiger charge is 2.13.